The third kappa shape index (κ3) is 3.94. The Hall–Kier alpha value is -1.49. The number of aromatic nitrogens is 2. The molecule has 1 amide bonds. The second kappa shape index (κ2) is 8.06. The molecule has 0 bridgehead atoms. The number of fused-ring (bicyclic) bond motifs is 1. The van der Waals surface area contributed by atoms with E-state index in [1.54, 1.807) is 11.8 Å². The van der Waals surface area contributed by atoms with E-state index in [4.69, 9.17) is 4.98 Å². The fourth-order valence-corrected chi connectivity index (χ4v) is 4.45. The molecule has 2 aromatic rings. The molecular weight excluding hydrogens is 318 g/mol. The molecule has 1 fully saturated rings. The van der Waals surface area contributed by atoms with E-state index in [1.165, 1.54) is 32.1 Å². The molecule has 24 heavy (non-hydrogen) atoms. The van der Waals surface area contributed by atoms with Gasteiger partial charge >= 0.3 is 0 Å². The first-order valence-electron chi connectivity index (χ1n) is 9.08. The van der Waals surface area contributed by atoms with Crippen molar-refractivity contribution in [2.45, 2.75) is 62.9 Å². The summed E-state index contributed by atoms with van der Waals surface area (Å²) in [4.78, 5) is 17.1. The van der Waals surface area contributed by atoms with Crippen LogP contribution in [0.1, 0.15) is 46.0 Å². The number of amides is 1. The summed E-state index contributed by atoms with van der Waals surface area (Å²) in [5, 5.41) is 3.95. The summed E-state index contributed by atoms with van der Waals surface area (Å²) >= 11 is 1.56. The molecule has 1 saturated carbocycles. The Bertz CT molecular complexity index is 691. The molecule has 1 aromatic heterocycles. The zero-order valence-corrected chi connectivity index (χ0v) is 15.4. The van der Waals surface area contributed by atoms with Crippen molar-refractivity contribution >= 4 is 28.7 Å². The van der Waals surface area contributed by atoms with Gasteiger partial charge in [0.15, 0.2) is 5.16 Å². The molecule has 0 radical (unpaired) electrons. The van der Waals surface area contributed by atoms with Gasteiger partial charge in [0, 0.05) is 13.1 Å². The molecule has 0 aliphatic heterocycles. The predicted molar refractivity (Wildman–Crippen MR) is 100 cm³/mol. The number of carbonyl (C=O) groups is 1. The van der Waals surface area contributed by atoms with Crippen molar-refractivity contribution in [1.82, 2.24) is 14.9 Å². The van der Waals surface area contributed by atoms with Crippen LogP contribution in [-0.2, 0) is 11.3 Å². The maximum absolute atomic E-state index is 12.4. The summed E-state index contributed by atoms with van der Waals surface area (Å²) in [6.07, 6.45) is 6.49. The molecule has 5 heteroatoms. The van der Waals surface area contributed by atoms with Crippen LogP contribution in [0.5, 0.6) is 0 Å². The highest BCUT2D eigenvalue weighted by Gasteiger charge is 2.20. The van der Waals surface area contributed by atoms with Gasteiger partial charge in [-0.1, -0.05) is 43.2 Å². The van der Waals surface area contributed by atoms with Gasteiger partial charge in [0.25, 0.3) is 0 Å². The fourth-order valence-electron chi connectivity index (χ4n) is 3.44. The second-order valence-electron chi connectivity index (χ2n) is 6.64. The van der Waals surface area contributed by atoms with Gasteiger partial charge in [0.1, 0.15) is 0 Å². The number of hydrogen-bond donors (Lipinski definition) is 1. The van der Waals surface area contributed by atoms with E-state index in [0.29, 0.717) is 5.92 Å². The Kier molecular flexibility index (Phi) is 5.82. The normalized spacial score (nSPS) is 17.1. The number of nitrogens with zero attached hydrogens (tertiary/aromatic N) is 2. The summed E-state index contributed by atoms with van der Waals surface area (Å²) in [5.74, 6) is 0.792. The van der Waals surface area contributed by atoms with E-state index >= 15 is 0 Å². The smallest absolute Gasteiger partial charge is 0.233 e. The number of hydrogen-bond acceptors (Lipinski definition) is 3. The van der Waals surface area contributed by atoms with Crippen LogP contribution in [0.4, 0.5) is 0 Å². The molecule has 0 unspecified atom stereocenters. The SMILES string of the molecule is CCn1c(S[C@H](C)C(=O)NCC2CCCCC2)nc2ccccc21. The minimum atomic E-state index is -0.129. The van der Waals surface area contributed by atoms with Gasteiger partial charge in [-0.2, -0.15) is 0 Å². The average molecular weight is 346 g/mol. The lowest BCUT2D eigenvalue weighted by molar-refractivity contribution is -0.120. The molecule has 0 saturated heterocycles. The number of benzene rings is 1. The molecule has 1 N–H and O–H groups in total. The summed E-state index contributed by atoms with van der Waals surface area (Å²) in [7, 11) is 0. The van der Waals surface area contributed by atoms with Crippen molar-refractivity contribution in [3.05, 3.63) is 24.3 Å². The maximum Gasteiger partial charge on any atom is 0.233 e. The van der Waals surface area contributed by atoms with E-state index in [0.717, 1.165) is 29.3 Å². The third-order valence-electron chi connectivity index (χ3n) is 4.88. The molecule has 1 aliphatic rings. The quantitative estimate of drug-likeness (QED) is 0.797. The van der Waals surface area contributed by atoms with Gasteiger partial charge in [-0.25, -0.2) is 4.98 Å². The van der Waals surface area contributed by atoms with Crippen LogP contribution < -0.4 is 5.32 Å². The molecule has 4 nitrogen and oxygen atoms in total. The van der Waals surface area contributed by atoms with Crippen molar-refractivity contribution in [1.29, 1.82) is 0 Å². The maximum atomic E-state index is 12.4. The topological polar surface area (TPSA) is 46.9 Å². The van der Waals surface area contributed by atoms with Crippen LogP contribution in [-0.4, -0.2) is 27.3 Å². The van der Waals surface area contributed by atoms with Crippen LogP contribution in [0, 0.1) is 5.92 Å². The highest BCUT2D eigenvalue weighted by atomic mass is 32.2. The monoisotopic (exact) mass is 345 g/mol. The Balaban J connectivity index is 1.61. The lowest BCUT2D eigenvalue weighted by Gasteiger charge is -2.22. The summed E-state index contributed by atoms with van der Waals surface area (Å²) in [6.45, 7) is 5.78. The van der Waals surface area contributed by atoms with Crippen LogP contribution in [0.15, 0.2) is 29.4 Å². The minimum absolute atomic E-state index is 0.125. The van der Waals surface area contributed by atoms with E-state index in [-0.39, 0.29) is 11.2 Å². The Labute approximate surface area is 148 Å². The molecular formula is C19H27N3OS. The first-order chi connectivity index (χ1) is 11.7. The Morgan fingerprint density at radius 3 is 2.83 bits per heavy atom. The number of thioether (sulfide) groups is 1. The van der Waals surface area contributed by atoms with Crippen molar-refractivity contribution in [3.63, 3.8) is 0 Å². The van der Waals surface area contributed by atoms with E-state index < -0.39 is 0 Å². The van der Waals surface area contributed by atoms with Gasteiger partial charge in [-0.05, 0) is 44.7 Å². The van der Waals surface area contributed by atoms with Gasteiger partial charge in [0.2, 0.25) is 5.91 Å². The fraction of sp³-hybridized carbons (Fsp3) is 0.579. The van der Waals surface area contributed by atoms with Crippen LogP contribution in [0.25, 0.3) is 11.0 Å². The zero-order valence-electron chi connectivity index (χ0n) is 14.6. The van der Waals surface area contributed by atoms with Gasteiger partial charge in [-0.15, -0.1) is 0 Å². The largest absolute Gasteiger partial charge is 0.355 e. The molecule has 130 valence electrons. The first-order valence-corrected chi connectivity index (χ1v) is 9.96. The lowest BCUT2D eigenvalue weighted by atomic mass is 9.89. The van der Waals surface area contributed by atoms with E-state index in [2.05, 4.69) is 22.9 Å². The van der Waals surface area contributed by atoms with Crippen molar-refractivity contribution < 1.29 is 4.79 Å². The molecule has 1 aliphatic carbocycles. The van der Waals surface area contributed by atoms with Crippen LogP contribution in [0.3, 0.4) is 0 Å². The van der Waals surface area contributed by atoms with Crippen molar-refractivity contribution in [3.8, 4) is 0 Å². The van der Waals surface area contributed by atoms with E-state index in [1.807, 2.05) is 25.1 Å². The Morgan fingerprint density at radius 2 is 2.08 bits per heavy atom. The Morgan fingerprint density at radius 1 is 1.33 bits per heavy atom. The molecule has 0 spiro atoms. The second-order valence-corrected chi connectivity index (χ2v) is 7.94. The predicted octanol–water partition coefficient (Wildman–Crippen LogP) is 4.23. The minimum Gasteiger partial charge on any atom is -0.355 e. The number of nitrogens with one attached hydrogen (secondary N) is 1. The van der Waals surface area contributed by atoms with Crippen LogP contribution in [0.2, 0.25) is 0 Å². The third-order valence-corrected chi connectivity index (χ3v) is 5.97. The number of para-hydroxylation sites is 2. The summed E-state index contributed by atoms with van der Waals surface area (Å²) in [6, 6.07) is 8.15. The first kappa shape index (κ1) is 17.3. The number of imidazole rings is 1. The number of aryl methyl sites for hydroxylation is 1. The zero-order chi connectivity index (χ0) is 16.9. The number of rotatable bonds is 6. The van der Waals surface area contributed by atoms with Crippen LogP contribution >= 0.6 is 11.8 Å². The molecule has 1 atom stereocenters. The summed E-state index contributed by atoms with van der Waals surface area (Å²) < 4.78 is 2.19. The lowest BCUT2D eigenvalue weighted by Crippen LogP contribution is -2.35. The van der Waals surface area contributed by atoms with E-state index in [9.17, 15) is 4.79 Å². The summed E-state index contributed by atoms with van der Waals surface area (Å²) in [5.41, 5.74) is 2.13. The van der Waals surface area contributed by atoms with Gasteiger partial charge in [0.05, 0.1) is 16.3 Å². The van der Waals surface area contributed by atoms with Gasteiger partial charge in [-0.3, -0.25) is 4.79 Å². The standard InChI is InChI=1S/C19H27N3OS/c1-3-22-17-12-8-7-11-16(17)21-19(22)24-14(2)18(23)20-13-15-9-5-4-6-10-15/h7-8,11-12,14-15H,3-6,9-10,13H2,1-2H3,(H,20,23)/t14-/m1/s1. The molecule has 1 aromatic carbocycles. The highest BCUT2D eigenvalue weighted by Crippen LogP contribution is 2.27. The average Bonchev–Trinajstić information content (AvgIpc) is 2.97. The molecule has 1 heterocycles. The van der Waals surface area contributed by atoms with Gasteiger partial charge < -0.3 is 9.88 Å². The molecule has 3 rings (SSSR count). The van der Waals surface area contributed by atoms with Crippen molar-refractivity contribution in [2.24, 2.45) is 5.92 Å². The van der Waals surface area contributed by atoms with Crippen molar-refractivity contribution in [2.75, 3.05) is 6.54 Å². The number of carbonyl (C=O) groups excluding carboxylic acids is 1. The highest BCUT2D eigenvalue weighted by molar-refractivity contribution is 8.00.